The summed E-state index contributed by atoms with van der Waals surface area (Å²) in [6.07, 6.45) is 1.56. The third-order valence-corrected chi connectivity index (χ3v) is 4.81. The lowest BCUT2D eigenvalue weighted by atomic mass is 10.3. The number of hydrogen-bond donors (Lipinski definition) is 1. The second kappa shape index (κ2) is 7.84. The number of amides is 1. The van der Waals surface area contributed by atoms with Crippen molar-refractivity contribution in [2.45, 2.75) is 18.6 Å². The molecule has 0 spiro atoms. The van der Waals surface area contributed by atoms with Crippen LogP contribution in [0.15, 0.2) is 46.5 Å². The van der Waals surface area contributed by atoms with Crippen LogP contribution in [0.25, 0.3) is 11.0 Å². The summed E-state index contributed by atoms with van der Waals surface area (Å²) in [5, 5.41) is 3.40. The number of aromatic nitrogens is 3. The number of carbonyl (C=O) groups is 1. The molecule has 0 atom stereocenters. The van der Waals surface area contributed by atoms with E-state index >= 15 is 0 Å². The van der Waals surface area contributed by atoms with Crippen molar-refractivity contribution in [2.24, 2.45) is 0 Å². The average Bonchev–Trinajstić information content (AvgIpc) is 2.63. The van der Waals surface area contributed by atoms with Crippen LogP contribution in [0.2, 0.25) is 5.02 Å². The maximum atomic E-state index is 13.2. The van der Waals surface area contributed by atoms with E-state index in [1.165, 1.54) is 22.8 Å². The van der Waals surface area contributed by atoms with E-state index in [2.05, 4.69) is 15.3 Å². The smallest absolute Gasteiger partial charge is 0.263 e. The zero-order chi connectivity index (χ0) is 18.7. The van der Waals surface area contributed by atoms with Gasteiger partial charge in [0.1, 0.15) is 5.82 Å². The highest BCUT2D eigenvalue weighted by Gasteiger charge is 2.13. The molecule has 6 nitrogen and oxygen atoms in total. The van der Waals surface area contributed by atoms with Crippen molar-refractivity contribution < 1.29 is 9.18 Å². The zero-order valence-electron chi connectivity index (χ0n) is 13.7. The van der Waals surface area contributed by atoms with Gasteiger partial charge in [-0.1, -0.05) is 23.4 Å². The lowest BCUT2D eigenvalue weighted by Gasteiger charge is -2.11. The summed E-state index contributed by atoms with van der Waals surface area (Å²) in [7, 11) is 0. The summed E-state index contributed by atoms with van der Waals surface area (Å²) in [5.74, 6) is -0.852. The Balaban J connectivity index is 1.77. The van der Waals surface area contributed by atoms with Crippen molar-refractivity contribution in [3.05, 3.63) is 57.7 Å². The Hall–Kier alpha value is -2.45. The molecule has 2 aromatic heterocycles. The summed E-state index contributed by atoms with van der Waals surface area (Å²) in [6, 6.07) is 7.28. The number of anilines is 1. The highest BCUT2D eigenvalue weighted by atomic mass is 35.5. The van der Waals surface area contributed by atoms with Crippen molar-refractivity contribution in [3.63, 3.8) is 0 Å². The van der Waals surface area contributed by atoms with E-state index in [4.69, 9.17) is 11.6 Å². The number of rotatable bonds is 5. The molecule has 0 saturated heterocycles. The predicted octanol–water partition coefficient (Wildman–Crippen LogP) is 3.33. The molecule has 2 heterocycles. The minimum absolute atomic E-state index is 0.0276. The van der Waals surface area contributed by atoms with E-state index in [1.807, 2.05) is 6.92 Å². The molecule has 0 aliphatic rings. The summed E-state index contributed by atoms with van der Waals surface area (Å²) >= 11 is 6.82. The molecule has 0 bridgehead atoms. The SMILES string of the molecule is CCn1c(SCC(=O)Nc2ccc(F)c(Cl)c2)nc2ncccc2c1=O. The number of carbonyl (C=O) groups excluding carboxylic acids is 1. The molecule has 3 rings (SSSR count). The second-order valence-electron chi connectivity index (χ2n) is 5.28. The van der Waals surface area contributed by atoms with Crippen LogP contribution in [0.1, 0.15) is 6.92 Å². The van der Waals surface area contributed by atoms with Gasteiger partial charge < -0.3 is 5.32 Å². The van der Waals surface area contributed by atoms with E-state index in [0.717, 1.165) is 11.8 Å². The fourth-order valence-electron chi connectivity index (χ4n) is 2.33. The fraction of sp³-hybridized carbons (Fsp3) is 0.176. The van der Waals surface area contributed by atoms with E-state index in [-0.39, 0.29) is 22.2 Å². The normalized spacial score (nSPS) is 10.9. The molecular formula is C17H14ClFN4O2S. The molecule has 9 heteroatoms. The molecule has 26 heavy (non-hydrogen) atoms. The quantitative estimate of drug-likeness (QED) is 0.532. The molecule has 0 saturated carbocycles. The highest BCUT2D eigenvalue weighted by Crippen LogP contribution is 2.21. The van der Waals surface area contributed by atoms with Crippen LogP contribution < -0.4 is 10.9 Å². The van der Waals surface area contributed by atoms with E-state index < -0.39 is 5.82 Å². The first kappa shape index (κ1) is 18.3. The highest BCUT2D eigenvalue weighted by molar-refractivity contribution is 7.99. The molecule has 0 unspecified atom stereocenters. The van der Waals surface area contributed by atoms with Crippen molar-refractivity contribution in [2.75, 3.05) is 11.1 Å². The molecular weight excluding hydrogens is 379 g/mol. The first-order valence-electron chi connectivity index (χ1n) is 7.73. The van der Waals surface area contributed by atoms with Gasteiger partial charge in [-0.25, -0.2) is 14.4 Å². The van der Waals surface area contributed by atoms with Gasteiger partial charge >= 0.3 is 0 Å². The first-order chi connectivity index (χ1) is 12.5. The van der Waals surface area contributed by atoms with Gasteiger partial charge in [-0.2, -0.15) is 0 Å². The van der Waals surface area contributed by atoms with Crippen molar-refractivity contribution in [1.29, 1.82) is 0 Å². The van der Waals surface area contributed by atoms with Gasteiger partial charge in [-0.3, -0.25) is 14.2 Å². The van der Waals surface area contributed by atoms with Crippen LogP contribution in [0.5, 0.6) is 0 Å². The van der Waals surface area contributed by atoms with Crippen molar-refractivity contribution in [1.82, 2.24) is 14.5 Å². The number of hydrogen-bond acceptors (Lipinski definition) is 5. The Labute approximate surface area is 157 Å². The Morgan fingerprint density at radius 1 is 1.38 bits per heavy atom. The number of pyridine rings is 1. The van der Waals surface area contributed by atoms with E-state index in [1.54, 1.807) is 18.3 Å². The van der Waals surface area contributed by atoms with Crippen molar-refractivity contribution in [3.8, 4) is 0 Å². The molecule has 1 N–H and O–H groups in total. The largest absolute Gasteiger partial charge is 0.325 e. The number of halogens is 2. The standard InChI is InChI=1S/C17H14ClFN4O2S/c1-2-23-16(25)11-4-3-7-20-15(11)22-17(23)26-9-14(24)21-10-5-6-13(19)12(18)8-10/h3-8H,2,9H2,1H3,(H,21,24). The van der Waals surface area contributed by atoms with Crippen LogP contribution in [0.3, 0.4) is 0 Å². The fourth-order valence-corrected chi connectivity index (χ4v) is 3.36. The Morgan fingerprint density at radius 3 is 2.92 bits per heavy atom. The van der Waals surface area contributed by atoms with Crippen molar-refractivity contribution >= 4 is 46.0 Å². The summed E-state index contributed by atoms with van der Waals surface area (Å²) in [4.78, 5) is 33.1. The van der Waals surface area contributed by atoms with E-state index in [0.29, 0.717) is 28.4 Å². The lowest BCUT2D eigenvalue weighted by molar-refractivity contribution is -0.113. The van der Waals surface area contributed by atoms with Gasteiger partial charge in [-0.05, 0) is 37.3 Å². The monoisotopic (exact) mass is 392 g/mol. The van der Waals surface area contributed by atoms with Crippen LogP contribution in [0, 0.1) is 5.82 Å². The molecule has 3 aromatic rings. The Bertz CT molecular complexity index is 1040. The summed E-state index contributed by atoms with van der Waals surface area (Å²) < 4.78 is 14.7. The number of thioether (sulfide) groups is 1. The van der Waals surface area contributed by atoms with Gasteiger partial charge in [0.05, 0.1) is 16.2 Å². The molecule has 0 aliphatic heterocycles. The minimum atomic E-state index is -0.557. The summed E-state index contributed by atoms with van der Waals surface area (Å²) in [5.41, 5.74) is 0.539. The van der Waals surface area contributed by atoms with Gasteiger partial charge in [0.25, 0.3) is 5.56 Å². The predicted molar refractivity (Wildman–Crippen MR) is 100 cm³/mol. The Morgan fingerprint density at radius 2 is 2.19 bits per heavy atom. The summed E-state index contributed by atoms with van der Waals surface area (Å²) in [6.45, 7) is 2.25. The van der Waals surface area contributed by atoms with Gasteiger partial charge in [-0.15, -0.1) is 0 Å². The maximum absolute atomic E-state index is 13.2. The third kappa shape index (κ3) is 3.86. The second-order valence-corrected chi connectivity index (χ2v) is 6.63. The Kier molecular flexibility index (Phi) is 5.53. The lowest BCUT2D eigenvalue weighted by Crippen LogP contribution is -2.23. The van der Waals surface area contributed by atoms with Crippen LogP contribution in [-0.2, 0) is 11.3 Å². The minimum Gasteiger partial charge on any atom is -0.325 e. The molecule has 0 radical (unpaired) electrons. The number of nitrogens with zero attached hydrogens (tertiary/aromatic N) is 3. The number of fused-ring (bicyclic) bond motifs is 1. The molecule has 1 aromatic carbocycles. The zero-order valence-corrected chi connectivity index (χ0v) is 15.3. The maximum Gasteiger partial charge on any atom is 0.263 e. The average molecular weight is 393 g/mol. The topological polar surface area (TPSA) is 76.9 Å². The van der Waals surface area contributed by atoms with Gasteiger partial charge in [0, 0.05) is 18.4 Å². The van der Waals surface area contributed by atoms with Gasteiger partial charge in [0.2, 0.25) is 5.91 Å². The van der Waals surface area contributed by atoms with Crippen LogP contribution in [0.4, 0.5) is 10.1 Å². The number of benzene rings is 1. The third-order valence-electron chi connectivity index (χ3n) is 3.55. The van der Waals surface area contributed by atoms with Crippen LogP contribution >= 0.6 is 23.4 Å². The molecule has 134 valence electrons. The van der Waals surface area contributed by atoms with Crippen LogP contribution in [-0.4, -0.2) is 26.2 Å². The molecule has 0 aliphatic carbocycles. The molecule has 0 fully saturated rings. The first-order valence-corrected chi connectivity index (χ1v) is 9.09. The number of nitrogens with one attached hydrogen (secondary N) is 1. The van der Waals surface area contributed by atoms with Gasteiger partial charge in [0.15, 0.2) is 10.8 Å². The molecule has 1 amide bonds. The van der Waals surface area contributed by atoms with E-state index in [9.17, 15) is 14.0 Å².